The summed E-state index contributed by atoms with van der Waals surface area (Å²) in [5, 5.41) is 15.2. The number of hydrogen-bond acceptors (Lipinski definition) is 7. The minimum atomic E-state index is -0.893. The largest absolute Gasteiger partial charge is 0.507 e. The van der Waals surface area contributed by atoms with Gasteiger partial charge in [0, 0.05) is 11.6 Å². The molecule has 0 radical (unpaired) electrons. The molecule has 8 nitrogen and oxygen atoms in total. The number of aryl methyl sites for hydroxylation is 1. The van der Waals surface area contributed by atoms with E-state index >= 15 is 0 Å². The van der Waals surface area contributed by atoms with Crippen LogP contribution in [0.2, 0.25) is 0 Å². The van der Waals surface area contributed by atoms with Crippen molar-refractivity contribution < 1.29 is 28.7 Å². The summed E-state index contributed by atoms with van der Waals surface area (Å²) in [6, 6.07) is 14.6. The van der Waals surface area contributed by atoms with Crippen LogP contribution in [0.15, 0.2) is 64.7 Å². The number of rotatable bonds is 10. The molecular weight excluding hydrogens is 460 g/mol. The average molecular weight is 491 g/mol. The van der Waals surface area contributed by atoms with Crippen molar-refractivity contribution in [3.63, 3.8) is 0 Å². The number of anilines is 1. The molecule has 0 aliphatic carbocycles. The molecule has 8 heteroatoms. The Morgan fingerprint density at radius 2 is 1.61 bits per heavy atom. The van der Waals surface area contributed by atoms with Crippen molar-refractivity contribution in [2.75, 3.05) is 18.1 Å². The number of hydrogen-bond donors (Lipinski definition) is 1. The van der Waals surface area contributed by atoms with Crippen LogP contribution in [-0.4, -0.2) is 35.2 Å². The number of ether oxygens (including phenoxy) is 2. The van der Waals surface area contributed by atoms with Gasteiger partial charge in [-0.2, -0.15) is 0 Å². The van der Waals surface area contributed by atoms with Crippen LogP contribution in [0.3, 0.4) is 0 Å². The highest BCUT2D eigenvalue weighted by Crippen LogP contribution is 2.42. The van der Waals surface area contributed by atoms with Crippen molar-refractivity contribution in [2.24, 2.45) is 0 Å². The van der Waals surface area contributed by atoms with Crippen molar-refractivity contribution in [1.29, 1.82) is 0 Å². The minimum absolute atomic E-state index is 0.0254. The van der Waals surface area contributed by atoms with Crippen LogP contribution in [0.25, 0.3) is 5.76 Å². The number of nitrogens with zero attached hydrogens (tertiary/aromatic N) is 2. The summed E-state index contributed by atoms with van der Waals surface area (Å²) in [6.07, 6.45) is 2.83. The van der Waals surface area contributed by atoms with Crippen molar-refractivity contribution in [3.8, 4) is 11.5 Å². The Morgan fingerprint density at radius 1 is 0.972 bits per heavy atom. The van der Waals surface area contributed by atoms with Crippen LogP contribution in [0.1, 0.15) is 56.0 Å². The lowest BCUT2D eigenvalue weighted by Crippen LogP contribution is -2.29. The van der Waals surface area contributed by atoms with Gasteiger partial charge in [0.05, 0.1) is 24.8 Å². The molecule has 1 aliphatic heterocycles. The fraction of sp³-hybridized carbons (Fsp3) is 0.321. The average Bonchev–Trinajstić information content (AvgIpc) is 3.43. The Kier molecular flexibility index (Phi) is 7.73. The van der Waals surface area contributed by atoms with Crippen LogP contribution >= 0.6 is 0 Å². The molecule has 0 bridgehead atoms. The SMILES string of the molecule is CCCCOc1ccc([C@H]2/C(=C(\O)c3ccc(OCCC)cc3)C(=O)C(=O)N2c2cc(C)on2)cc1. The van der Waals surface area contributed by atoms with Gasteiger partial charge in [-0.15, -0.1) is 0 Å². The lowest BCUT2D eigenvalue weighted by Gasteiger charge is -2.23. The molecule has 36 heavy (non-hydrogen) atoms. The summed E-state index contributed by atoms with van der Waals surface area (Å²) >= 11 is 0. The van der Waals surface area contributed by atoms with Crippen LogP contribution in [0.4, 0.5) is 5.82 Å². The van der Waals surface area contributed by atoms with Gasteiger partial charge in [0.15, 0.2) is 5.82 Å². The van der Waals surface area contributed by atoms with Gasteiger partial charge in [0.2, 0.25) is 0 Å². The predicted octanol–water partition coefficient (Wildman–Crippen LogP) is 5.58. The highest BCUT2D eigenvalue weighted by atomic mass is 16.5. The van der Waals surface area contributed by atoms with E-state index < -0.39 is 17.7 Å². The summed E-state index contributed by atoms with van der Waals surface area (Å²) in [7, 11) is 0. The van der Waals surface area contributed by atoms with Crippen molar-refractivity contribution in [3.05, 3.63) is 77.1 Å². The Bertz CT molecular complexity index is 1240. The lowest BCUT2D eigenvalue weighted by atomic mass is 9.95. The van der Waals surface area contributed by atoms with Gasteiger partial charge in [0.25, 0.3) is 5.78 Å². The monoisotopic (exact) mass is 490 g/mol. The molecule has 4 rings (SSSR count). The Labute approximate surface area is 210 Å². The molecule has 0 unspecified atom stereocenters. The van der Waals surface area contributed by atoms with E-state index in [4.69, 9.17) is 14.0 Å². The molecule has 1 saturated heterocycles. The summed E-state index contributed by atoms with van der Waals surface area (Å²) < 4.78 is 16.5. The number of carbonyl (C=O) groups excluding carboxylic acids is 2. The molecule has 1 aliphatic rings. The van der Waals surface area contributed by atoms with E-state index in [1.54, 1.807) is 61.5 Å². The molecule has 0 spiro atoms. The third kappa shape index (κ3) is 5.12. The van der Waals surface area contributed by atoms with Gasteiger partial charge in [-0.05, 0) is 61.7 Å². The molecule has 2 aromatic carbocycles. The van der Waals surface area contributed by atoms with Crippen LogP contribution in [0.5, 0.6) is 11.5 Å². The van der Waals surface area contributed by atoms with Crippen molar-refractivity contribution in [2.45, 2.75) is 46.1 Å². The van der Waals surface area contributed by atoms with Gasteiger partial charge in [-0.25, -0.2) is 0 Å². The first kappa shape index (κ1) is 25.0. The van der Waals surface area contributed by atoms with Gasteiger partial charge >= 0.3 is 5.91 Å². The van der Waals surface area contributed by atoms with Crippen molar-refractivity contribution >= 4 is 23.3 Å². The number of carbonyl (C=O) groups is 2. The molecule has 0 saturated carbocycles. The van der Waals surface area contributed by atoms with E-state index in [9.17, 15) is 14.7 Å². The number of benzene rings is 2. The molecule has 3 aromatic rings. The summed E-state index contributed by atoms with van der Waals surface area (Å²) in [5.41, 5.74) is 1.00. The second-order valence-corrected chi connectivity index (χ2v) is 8.61. The highest BCUT2D eigenvalue weighted by Gasteiger charge is 2.48. The maximum atomic E-state index is 13.2. The molecule has 1 amide bonds. The minimum Gasteiger partial charge on any atom is -0.507 e. The zero-order chi connectivity index (χ0) is 25.7. The number of ketones is 1. The zero-order valence-corrected chi connectivity index (χ0v) is 20.7. The third-order valence-electron chi connectivity index (χ3n) is 5.87. The molecule has 1 aromatic heterocycles. The van der Waals surface area contributed by atoms with Crippen molar-refractivity contribution in [1.82, 2.24) is 5.16 Å². The second kappa shape index (κ2) is 11.1. The Hall–Kier alpha value is -4.07. The fourth-order valence-corrected chi connectivity index (χ4v) is 4.02. The van der Waals surface area contributed by atoms with E-state index in [0.29, 0.717) is 41.6 Å². The maximum Gasteiger partial charge on any atom is 0.301 e. The highest BCUT2D eigenvalue weighted by molar-refractivity contribution is 6.51. The molecule has 2 heterocycles. The third-order valence-corrected chi connectivity index (χ3v) is 5.87. The molecule has 1 atom stereocenters. The van der Waals surface area contributed by atoms with E-state index in [2.05, 4.69) is 12.1 Å². The van der Waals surface area contributed by atoms with E-state index in [0.717, 1.165) is 19.3 Å². The normalized spacial score (nSPS) is 17.0. The molecular formula is C28H30N2O6. The Balaban J connectivity index is 1.76. The summed E-state index contributed by atoms with van der Waals surface area (Å²) in [4.78, 5) is 27.7. The molecule has 1 N–H and O–H groups in total. The number of aliphatic hydroxyl groups excluding tert-OH is 1. The van der Waals surface area contributed by atoms with Gasteiger partial charge in [-0.1, -0.05) is 37.6 Å². The molecule has 188 valence electrons. The topological polar surface area (TPSA) is 102 Å². The van der Waals surface area contributed by atoms with E-state index in [1.807, 2.05) is 6.92 Å². The zero-order valence-electron chi connectivity index (χ0n) is 20.7. The fourth-order valence-electron chi connectivity index (χ4n) is 4.02. The van der Waals surface area contributed by atoms with E-state index in [-0.39, 0.29) is 17.2 Å². The van der Waals surface area contributed by atoms with Gasteiger partial charge in [-0.3, -0.25) is 14.5 Å². The number of amides is 1. The van der Waals surface area contributed by atoms with Crippen LogP contribution < -0.4 is 14.4 Å². The van der Waals surface area contributed by atoms with Gasteiger partial charge in [0.1, 0.15) is 23.0 Å². The smallest absolute Gasteiger partial charge is 0.301 e. The first-order valence-corrected chi connectivity index (χ1v) is 12.1. The first-order chi connectivity index (χ1) is 17.4. The maximum absolute atomic E-state index is 13.2. The predicted molar refractivity (Wildman–Crippen MR) is 135 cm³/mol. The lowest BCUT2D eigenvalue weighted by molar-refractivity contribution is -0.132. The molecule has 1 fully saturated rings. The number of aliphatic hydroxyl groups is 1. The van der Waals surface area contributed by atoms with Gasteiger partial charge < -0.3 is 19.1 Å². The first-order valence-electron chi connectivity index (χ1n) is 12.1. The second-order valence-electron chi connectivity index (χ2n) is 8.61. The van der Waals surface area contributed by atoms with E-state index in [1.165, 1.54) is 4.90 Å². The van der Waals surface area contributed by atoms with Crippen LogP contribution in [-0.2, 0) is 9.59 Å². The summed E-state index contributed by atoms with van der Waals surface area (Å²) in [6.45, 7) is 6.98. The van der Waals surface area contributed by atoms with Crippen LogP contribution in [0, 0.1) is 6.92 Å². The number of unbranched alkanes of at least 4 members (excludes halogenated alkanes) is 1. The number of Topliss-reactive ketones (excluding diaryl/α,β-unsaturated/α-hetero) is 1. The standard InChI is InChI=1S/C28H30N2O6/c1-4-6-16-35-22-11-7-19(8-12-22)25-24(26(31)20-9-13-21(14-10-20)34-15-5-2)27(32)28(33)30(25)23-17-18(3)36-29-23/h7-14,17,25,31H,4-6,15-16H2,1-3H3/b26-24+/t25-/m0/s1. The quantitative estimate of drug-likeness (QED) is 0.171. The number of aromatic nitrogens is 1. The summed E-state index contributed by atoms with van der Waals surface area (Å²) in [5.74, 6) is 0.171. The Morgan fingerprint density at radius 3 is 2.19 bits per heavy atom.